The molecule has 1 saturated heterocycles. The van der Waals surface area contributed by atoms with Gasteiger partial charge in [-0.2, -0.15) is 9.40 Å². The van der Waals surface area contributed by atoms with Gasteiger partial charge in [-0.25, -0.2) is 8.42 Å². The van der Waals surface area contributed by atoms with Crippen LogP contribution in [0.3, 0.4) is 0 Å². The van der Waals surface area contributed by atoms with Gasteiger partial charge in [0.1, 0.15) is 4.90 Å². The monoisotopic (exact) mass is 342 g/mol. The molecule has 8 heteroatoms. The lowest BCUT2D eigenvalue weighted by Crippen LogP contribution is -2.42. The second-order valence-electron chi connectivity index (χ2n) is 7.06. The fourth-order valence-electron chi connectivity index (χ4n) is 2.86. The molecule has 0 aliphatic carbocycles. The minimum atomic E-state index is -3.59. The smallest absolute Gasteiger partial charge is 0.246 e. The molecule has 1 fully saturated rings. The Morgan fingerprint density at radius 1 is 1.13 bits per heavy atom. The average Bonchev–Trinajstić information content (AvgIpc) is 2.66. The zero-order chi connectivity index (χ0) is 17.4. The van der Waals surface area contributed by atoms with Crippen molar-refractivity contribution in [3.8, 4) is 0 Å². The largest absolute Gasteiger partial charge is 0.341 e. The van der Waals surface area contributed by atoms with Crippen molar-refractivity contribution in [3.05, 3.63) is 11.4 Å². The van der Waals surface area contributed by atoms with Crippen LogP contribution in [0.25, 0.3) is 0 Å². The summed E-state index contributed by atoms with van der Waals surface area (Å²) in [5.74, 6) is 0.0624. The molecule has 0 radical (unpaired) electrons. The molecule has 0 saturated carbocycles. The Kier molecular flexibility index (Phi) is 4.86. The van der Waals surface area contributed by atoms with Crippen molar-refractivity contribution in [1.82, 2.24) is 19.4 Å². The number of carbonyl (C=O) groups is 1. The van der Waals surface area contributed by atoms with E-state index in [-0.39, 0.29) is 10.8 Å². The minimum Gasteiger partial charge on any atom is -0.341 e. The third-order valence-electron chi connectivity index (χ3n) is 4.04. The van der Waals surface area contributed by atoms with E-state index in [1.807, 2.05) is 20.8 Å². The van der Waals surface area contributed by atoms with Gasteiger partial charge in [0, 0.05) is 31.6 Å². The molecule has 0 bridgehead atoms. The van der Waals surface area contributed by atoms with Crippen LogP contribution in [0.15, 0.2) is 4.90 Å². The lowest BCUT2D eigenvalue weighted by atomic mass is 9.94. The van der Waals surface area contributed by atoms with Crippen LogP contribution in [0.4, 0.5) is 0 Å². The summed E-state index contributed by atoms with van der Waals surface area (Å²) in [6.07, 6.45) is 0.636. The maximum absolute atomic E-state index is 12.9. The first-order valence-electron chi connectivity index (χ1n) is 7.86. The Bertz CT molecular complexity index is 669. The van der Waals surface area contributed by atoms with Gasteiger partial charge in [-0.15, -0.1) is 0 Å². The normalized spacial score (nSPS) is 18.0. The molecule has 23 heavy (non-hydrogen) atoms. The average molecular weight is 342 g/mol. The van der Waals surface area contributed by atoms with Gasteiger partial charge in [0.05, 0.1) is 11.4 Å². The first kappa shape index (κ1) is 17.9. The number of nitrogens with zero attached hydrogens (tertiary/aromatic N) is 3. The Hall–Kier alpha value is -1.41. The Morgan fingerprint density at radius 2 is 1.78 bits per heavy atom. The molecular weight excluding hydrogens is 316 g/mol. The van der Waals surface area contributed by atoms with Crippen molar-refractivity contribution < 1.29 is 13.2 Å². The summed E-state index contributed by atoms with van der Waals surface area (Å²) >= 11 is 0. The van der Waals surface area contributed by atoms with Crippen LogP contribution >= 0.6 is 0 Å². The standard InChI is InChI=1S/C15H26N4O3S/c1-11-13(12(2)17-16-11)23(21,22)19-8-6-7-18(9-10-19)14(20)15(3,4)5/h6-10H2,1-5H3,(H,16,17). The van der Waals surface area contributed by atoms with E-state index < -0.39 is 15.4 Å². The molecule has 0 spiro atoms. The van der Waals surface area contributed by atoms with Gasteiger partial charge in [-0.05, 0) is 20.3 Å². The molecule has 2 heterocycles. The van der Waals surface area contributed by atoms with E-state index in [2.05, 4.69) is 10.2 Å². The molecule has 1 N–H and O–H groups in total. The first-order chi connectivity index (χ1) is 10.5. The van der Waals surface area contributed by atoms with Crippen molar-refractivity contribution in [2.75, 3.05) is 26.2 Å². The second-order valence-corrected chi connectivity index (χ2v) is 8.94. The zero-order valence-corrected chi connectivity index (χ0v) is 15.3. The predicted molar refractivity (Wildman–Crippen MR) is 87.5 cm³/mol. The third kappa shape index (κ3) is 3.58. The second kappa shape index (κ2) is 6.24. The summed E-state index contributed by atoms with van der Waals surface area (Å²) in [5.41, 5.74) is 0.579. The molecule has 0 atom stereocenters. The van der Waals surface area contributed by atoms with E-state index in [0.29, 0.717) is 44.0 Å². The summed E-state index contributed by atoms with van der Waals surface area (Å²) in [5, 5.41) is 6.71. The number of rotatable bonds is 2. The van der Waals surface area contributed by atoms with Gasteiger partial charge in [-0.3, -0.25) is 9.89 Å². The molecule has 1 aromatic heterocycles. The molecule has 7 nitrogen and oxygen atoms in total. The highest BCUT2D eigenvalue weighted by Gasteiger charge is 2.33. The van der Waals surface area contributed by atoms with Crippen molar-refractivity contribution in [1.29, 1.82) is 0 Å². The number of amides is 1. The maximum Gasteiger partial charge on any atom is 0.246 e. The highest BCUT2D eigenvalue weighted by molar-refractivity contribution is 7.89. The van der Waals surface area contributed by atoms with E-state index in [1.165, 1.54) is 4.31 Å². The Morgan fingerprint density at radius 3 is 2.30 bits per heavy atom. The molecule has 0 aromatic carbocycles. The van der Waals surface area contributed by atoms with E-state index in [1.54, 1.807) is 18.7 Å². The summed E-state index contributed by atoms with van der Waals surface area (Å²) in [4.78, 5) is 14.4. The van der Waals surface area contributed by atoms with Crippen molar-refractivity contribution in [2.24, 2.45) is 5.41 Å². The number of hydrogen-bond donors (Lipinski definition) is 1. The highest BCUT2D eigenvalue weighted by atomic mass is 32.2. The van der Waals surface area contributed by atoms with Crippen LogP contribution in [-0.2, 0) is 14.8 Å². The highest BCUT2D eigenvalue weighted by Crippen LogP contribution is 2.24. The van der Waals surface area contributed by atoms with Crippen LogP contribution < -0.4 is 0 Å². The minimum absolute atomic E-state index is 0.0624. The van der Waals surface area contributed by atoms with Crippen LogP contribution in [0, 0.1) is 19.3 Å². The van der Waals surface area contributed by atoms with E-state index in [0.717, 1.165) is 0 Å². The molecule has 2 rings (SSSR count). The van der Waals surface area contributed by atoms with Crippen molar-refractivity contribution >= 4 is 15.9 Å². The maximum atomic E-state index is 12.9. The lowest BCUT2D eigenvalue weighted by Gasteiger charge is -2.28. The summed E-state index contributed by atoms with van der Waals surface area (Å²) in [7, 11) is -3.59. The van der Waals surface area contributed by atoms with Crippen LogP contribution in [-0.4, -0.2) is 59.9 Å². The topological polar surface area (TPSA) is 86.4 Å². The Balaban J connectivity index is 2.19. The third-order valence-corrected chi connectivity index (χ3v) is 6.20. The van der Waals surface area contributed by atoms with Crippen LogP contribution in [0.1, 0.15) is 38.6 Å². The molecule has 130 valence electrons. The number of hydrogen-bond acceptors (Lipinski definition) is 4. The Labute approximate surface area is 138 Å². The SMILES string of the molecule is Cc1n[nH]c(C)c1S(=O)(=O)N1CCCN(C(=O)C(C)(C)C)CC1. The number of carbonyl (C=O) groups excluding carboxylic acids is 1. The molecule has 1 amide bonds. The molecule has 0 unspecified atom stereocenters. The molecular formula is C15H26N4O3S. The lowest BCUT2D eigenvalue weighted by molar-refractivity contribution is -0.139. The molecule has 1 aromatic rings. The predicted octanol–water partition coefficient (Wildman–Crippen LogP) is 1.30. The van der Waals surface area contributed by atoms with Crippen LogP contribution in [0.5, 0.6) is 0 Å². The number of aryl methyl sites for hydroxylation is 2. The number of aromatic nitrogens is 2. The summed E-state index contributed by atoms with van der Waals surface area (Å²) < 4.78 is 27.2. The van der Waals surface area contributed by atoms with Gasteiger partial charge < -0.3 is 4.90 Å². The number of sulfonamides is 1. The number of nitrogens with one attached hydrogen (secondary N) is 1. The fraction of sp³-hybridized carbons (Fsp3) is 0.733. The van der Waals surface area contributed by atoms with Crippen molar-refractivity contribution in [2.45, 2.75) is 45.9 Å². The van der Waals surface area contributed by atoms with E-state index in [4.69, 9.17) is 0 Å². The van der Waals surface area contributed by atoms with Crippen LogP contribution in [0.2, 0.25) is 0 Å². The van der Waals surface area contributed by atoms with E-state index in [9.17, 15) is 13.2 Å². The van der Waals surface area contributed by atoms with Gasteiger partial charge in [0.2, 0.25) is 15.9 Å². The van der Waals surface area contributed by atoms with Gasteiger partial charge in [0.25, 0.3) is 0 Å². The molecule has 1 aliphatic rings. The number of aromatic amines is 1. The molecule has 1 aliphatic heterocycles. The van der Waals surface area contributed by atoms with Gasteiger partial charge in [0.15, 0.2) is 0 Å². The summed E-state index contributed by atoms with van der Waals surface area (Å²) in [6, 6.07) is 0. The summed E-state index contributed by atoms with van der Waals surface area (Å²) in [6.45, 7) is 10.8. The number of H-pyrrole nitrogens is 1. The van der Waals surface area contributed by atoms with Crippen molar-refractivity contribution in [3.63, 3.8) is 0 Å². The van der Waals surface area contributed by atoms with Gasteiger partial charge >= 0.3 is 0 Å². The van der Waals surface area contributed by atoms with E-state index >= 15 is 0 Å². The zero-order valence-electron chi connectivity index (χ0n) is 14.5. The quantitative estimate of drug-likeness (QED) is 0.877. The first-order valence-corrected chi connectivity index (χ1v) is 9.30. The fourth-order valence-corrected chi connectivity index (χ4v) is 4.66. The van der Waals surface area contributed by atoms with Gasteiger partial charge in [-0.1, -0.05) is 20.8 Å².